The Morgan fingerprint density at radius 1 is 1.30 bits per heavy atom. The average molecular weight is 307 g/mol. The van der Waals surface area contributed by atoms with Crippen LogP contribution in [0.5, 0.6) is 5.75 Å². The predicted octanol–water partition coefficient (Wildman–Crippen LogP) is 4.03. The molecule has 2 aromatic rings. The summed E-state index contributed by atoms with van der Waals surface area (Å²) in [5.41, 5.74) is 9.20. The van der Waals surface area contributed by atoms with Crippen LogP contribution in [0.1, 0.15) is 11.1 Å². The molecule has 3 N–H and O–H groups in total. The molecule has 2 rings (SSSR count). The summed E-state index contributed by atoms with van der Waals surface area (Å²) in [7, 11) is 1.61. The Hall–Kier alpha value is -1.78. The van der Waals surface area contributed by atoms with E-state index in [0.717, 1.165) is 28.3 Å². The van der Waals surface area contributed by atoms with Gasteiger partial charge in [-0.15, -0.1) is 0 Å². The molecule has 0 fully saturated rings. The fourth-order valence-corrected chi connectivity index (χ4v) is 2.24. The van der Waals surface area contributed by atoms with Gasteiger partial charge in [-0.05, 0) is 30.7 Å². The van der Waals surface area contributed by atoms with Gasteiger partial charge in [0.1, 0.15) is 10.7 Å². The SMILES string of the molecule is COc1ccc(Cl)c(Nc2c(C)cccc2C(N)=S)c1. The van der Waals surface area contributed by atoms with E-state index in [1.165, 1.54) is 0 Å². The number of rotatable bonds is 4. The first kappa shape index (κ1) is 14.6. The van der Waals surface area contributed by atoms with Crippen molar-refractivity contribution in [2.45, 2.75) is 6.92 Å². The van der Waals surface area contributed by atoms with Crippen LogP contribution in [0.2, 0.25) is 5.02 Å². The Morgan fingerprint density at radius 3 is 2.70 bits per heavy atom. The van der Waals surface area contributed by atoms with Crippen molar-refractivity contribution < 1.29 is 4.74 Å². The number of thiocarbonyl (C=S) groups is 1. The molecule has 0 saturated heterocycles. The number of aryl methyl sites for hydroxylation is 1. The van der Waals surface area contributed by atoms with E-state index in [0.29, 0.717) is 10.0 Å². The Labute approximate surface area is 128 Å². The van der Waals surface area contributed by atoms with Crippen LogP contribution < -0.4 is 15.8 Å². The van der Waals surface area contributed by atoms with Crippen LogP contribution in [-0.4, -0.2) is 12.1 Å². The molecule has 0 aliphatic carbocycles. The van der Waals surface area contributed by atoms with E-state index >= 15 is 0 Å². The molecule has 0 spiro atoms. The fraction of sp³-hybridized carbons (Fsp3) is 0.133. The normalized spacial score (nSPS) is 10.2. The third kappa shape index (κ3) is 3.03. The Bertz CT molecular complexity index is 658. The summed E-state index contributed by atoms with van der Waals surface area (Å²) in [5.74, 6) is 0.724. The van der Waals surface area contributed by atoms with Crippen molar-refractivity contribution in [2.75, 3.05) is 12.4 Å². The van der Waals surface area contributed by atoms with E-state index in [-0.39, 0.29) is 0 Å². The lowest BCUT2D eigenvalue weighted by molar-refractivity contribution is 0.415. The van der Waals surface area contributed by atoms with Crippen LogP contribution in [0.15, 0.2) is 36.4 Å². The summed E-state index contributed by atoms with van der Waals surface area (Å²) < 4.78 is 5.21. The van der Waals surface area contributed by atoms with Gasteiger partial charge in [-0.1, -0.05) is 36.0 Å². The molecule has 104 valence electrons. The standard InChI is InChI=1S/C15H15ClN2OS/c1-9-4-3-5-11(15(17)20)14(9)18-13-8-10(19-2)6-7-12(13)16/h3-8,18H,1-2H3,(H2,17,20). The van der Waals surface area contributed by atoms with Crippen LogP contribution in [0.3, 0.4) is 0 Å². The summed E-state index contributed by atoms with van der Waals surface area (Å²) >= 11 is 11.3. The maximum absolute atomic E-state index is 6.21. The van der Waals surface area contributed by atoms with E-state index in [4.69, 9.17) is 34.3 Å². The summed E-state index contributed by atoms with van der Waals surface area (Å²) in [5, 5.41) is 3.89. The first-order valence-electron chi connectivity index (χ1n) is 6.03. The van der Waals surface area contributed by atoms with Gasteiger partial charge in [0.25, 0.3) is 0 Å². The second-order valence-corrected chi connectivity index (χ2v) is 5.18. The minimum atomic E-state index is 0.343. The highest BCUT2D eigenvalue weighted by Crippen LogP contribution is 2.32. The lowest BCUT2D eigenvalue weighted by atomic mass is 10.1. The number of anilines is 2. The third-order valence-electron chi connectivity index (χ3n) is 2.97. The van der Waals surface area contributed by atoms with Gasteiger partial charge in [-0.25, -0.2) is 0 Å². The average Bonchev–Trinajstić information content (AvgIpc) is 2.43. The summed E-state index contributed by atoms with van der Waals surface area (Å²) in [6.45, 7) is 1.98. The topological polar surface area (TPSA) is 47.3 Å². The zero-order valence-corrected chi connectivity index (χ0v) is 12.8. The van der Waals surface area contributed by atoms with Crippen LogP contribution in [0.4, 0.5) is 11.4 Å². The van der Waals surface area contributed by atoms with Gasteiger partial charge >= 0.3 is 0 Å². The minimum absolute atomic E-state index is 0.343. The molecule has 3 nitrogen and oxygen atoms in total. The van der Waals surface area contributed by atoms with Gasteiger partial charge in [0, 0.05) is 11.6 Å². The van der Waals surface area contributed by atoms with Gasteiger partial charge < -0.3 is 15.8 Å². The lowest BCUT2D eigenvalue weighted by Crippen LogP contribution is -2.12. The van der Waals surface area contributed by atoms with Crippen molar-refractivity contribution in [3.8, 4) is 5.75 Å². The van der Waals surface area contributed by atoms with E-state index in [1.54, 1.807) is 19.2 Å². The lowest BCUT2D eigenvalue weighted by Gasteiger charge is -2.15. The maximum Gasteiger partial charge on any atom is 0.121 e. The zero-order chi connectivity index (χ0) is 14.7. The number of benzene rings is 2. The summed E-state index contributed by atoms with van der Waals surface area (Å²) in [6.07, 6.45) is 0. The fourth-order valence-electron chi connectivity index (χ4n) is 1.90. The van der Waals surface area contributed by atoms with Gasteiger partial charge in [-0.3, -0.25) is 0 Å². The highest BCUT2D eigenvalue weighted by atomic mass is 35.5. The molecule has 0 unspecified atom stereocenters. The molecule has 20 heavy (non-hydrogen) atoms. The minimum Gasteiger partial charge on any atom is -0.497 e. The Morgan fingerprint density at radius 2 is 2.05 bits per heavy atom. The van der Waals surface area contributed by atoms with Gasteiger partial charge in [0.15, 0.2) is 0 Å². The van der Waals surface area contributed by atoms with Crippen LogP contribution in [0.25, 0.3) is 0 Å². The van der Waals surface area contributed by atoms with Crippen molar-refractivity contribution >= 4 is 40.2 Å². The molecule has 0 aromatic heterocycles. The van der Waals surface area contributed by atoms with Gasteiger partial charge in [0.2, 0.25) is 0 Å². The van der Waals surface area contributed by atoms with E-state index in [9.17, 15) is 0 Å². The number of ether oxygens (including phenoxy) is 1. The molecule has 2 aromatic carbocycles. The zero-order valence-electron chi connectivity index (χ0n) is 11.2. The number of hydrogen-bond acceptors (Lipinski definition) is 3. The molecular formula is C15H15ClN2OS. The molecule has 0 atom stereocenters. The number of methoxy groups -OCH3 is 1. The van der Waals surface area contributed by atoms with Crippen LogP contribution >= 0.6 is 23.8 Å². The smallest absolute Gasteiger partial charge is 0.121 e. The highest BCUT2D eigenvalue weighted by molar-refractivity contribution is 7.80. The number of halogens is 1. The predicted molar refractivity (Wildman–Crippen MR) is 88.4 cm³/mol. The molecule has 0 radical (unpaired) electrons. The van der Waals surface area contributed by atoms with Crippen molar-refractivity contribution in [3.63, 3.8) is 0 Å². The van der Waals surface area contributed by atoms with Crippen molar-refractivity contribution in [1.29, 1.82) is 0 Å². The quantitative estimate of drug-likeness (QED) is 0.837. The molecule has 0 heterocycles. The highest BCUT2D eigenvalue weighted by Gasteiger charge is 2.10. The molecule has 0 aliphatic rings. The first-order chi connectivity index (χ1) is 9.52. The Balaban J connectivity index is 2.47. The maximum atomic E-state index is 6.21. The molecule has 5 heteroatoms. The van der Waals surface area contributed by atoms with Crippen molar-refractivity contribution in [1.82, 2.24) is 0 Å². The third-order valence-corrected chi connectivity index (χ3v) is 3.52. The number of hydrogen-bond donors (Lipinski definition) is 2. The van der Waals surface area contributed by atoms with Gasteiger partial charge in [0.05, 0.1) is 23.5 Å². The first-order valence-corrected chi connectivity index (χ1v) is 6.81. The van der Waals surface area contributed by atoms with E-state index in [1.807, 2.05) is 31.2 Å². The largest absolute Gasteiger partial charge is 0.497 e. The van der Waals surface area contributed by atoms with Crippen molar-refractivity contribution in [3.05, 3.63) is 52.5 Å². The molecule has 0 amide bonds. The number of para-hydroxylation sites is 1. The molecule has 0 aliphatic heterocycles. The van der Waals surface area contributed by atoms with Crippen LogP contribution in [0, 0.1) is 6.92 Å². The second-order valence-electron chi connectivity index (χ2n) is 4.33. The summed E-state index contributed by atoms with van der Waals surface area (Å²) in [4.78, 5) is 0.343. The second kappa shape index (κ2) is 6.11. The van der Waals surface area contributed by atoms with Crippen LogP contribution in [-0.2, 0) is 0 Å². The Kier molecular flexibility index (Phi) is 4.47. The number of nitrogens with one attached hydrogen (secondary N) is 1. The molecule has 0 saturated carbocycles. The van der Waals surface area contributed by atoms with E-state index in [2.05, 4.69) is 5.32 Å². The van der Waals surface area contributed by atoms with Crippen molar-refractivity contribution in [2.24, 2.45) is 5.73 Å². The molecular weight excluding hydrogens is 292 g/mol. The van der Waals surface area contributed by atoms with E-state index < -0.39 is 0 Å². The summed E-state index contributed by atoms with van der Waals surface area (Å²) in [6, 6.07) is 11.2. The monoisotopic (exact) mass is 306 g/mol. The number of nitrogens with two attached hydrogens (primary N) is 1. The van der Waals surface area contributed by atoms with Gasteiger partial charge in [-0.2, -0.15) is 0 Å². The molecule has 0 bridgehead atoms.